The van der Waals surface area contributed by atoms with Crippen LogP contribution >= 0.6 is 0 Å². The molecule has 0 spiro atoms. The molecule has 2 aromatic rings. The zero-order valence-electron chi connectivity index (χ0n) is 16.1. The first-order valence-corrected chi connectivity index (χ1v) is 10.1. The summed E-state index contributed by atoms with van der Waals surface area (Å²) < 4.78 is 1.54. The molecule has 5 nitrogen and oxygen atoms in total. The third-order valence-corrected chi connectivity index (χ3v) is 5.26. The van der Waals surface area contributed by atoms with Crippen LogP contribution in [0.4, 0.5) is 0 Å². The summed E-state index contributed by atoms with van der Waals surface area (Å²) in [4.78, 5) is 24.8. The van der Waals surface area contributed by atoms with Gasteiger partial charge in [0.15, 0.2) is 0 Å². The number of nitrogens with one attached hydrogen (secondary N) is 1. The van der Waals surface area contributed by atoms with E-state index in [2.05, 4.69) is 10.4 Å². The number of carbonyl (C=O) groups excluding carboxylic acids is 1. The number of aryl methyl sites for hydroxylation is 3. The van der Waals surface area contributed by atoms with Crippen LogP contribution in [0.5, 0.6) is 0 Å². The lowest BCUT2D eigenvalue weighted by Crippen LogP contribution is -2.40. The number of amides is 1. The Morgan fingerprint density at radius 3 is 2.74 bits per heavy atom. The Kier molecular flexibility index (Phi) is 6.80. The highest BCUT2D eigenvalue weighted by atomic mass is 16.2. The Morgan fingerprint density at radius 1 is 1.19 bits per heavy atom. The Hall–Kier alpha value is -2.43. The van der Waals surface area contributed by atoms with Crippen molar-refractivity contribution in [3.63, 3.8) is 0 Å². The van der Waals surface area contributed by atoms with Crippen molar-refractivity contribution in [2.24, 2.45) is 0 Å². The van der Waals surface area contributed by atoms with E-state index in [4.69, 9.17) is 0 Å². The van der Waals surface area contributed by atoms with Gasteiger partial charge in [0.2, 0.25) is 5.91 Å². The number of fused-ring (bicyclic) bond motifs is 1. The average Bonchev–Trinajstić information content (AvgIpc) is 2.91. The third kappa shape index (κ3) is 5.52. The Bertz CT molecular complexity index is 814. The van der Waals surface area contributed by atoms with Crippen molar-refractivity contribution >= 4 is 5.91 Å². The molecular weight excluding hydrogens is 338 g/mol. The molecule has 0 saturated carbocycles. The zero-order chi connectivity index (χ0) is 19.1. The molecular formula is C22H29N3O2. The van der Waals surface area contributed by atoms with E-state index in [0.717, 1.165) is 55.3 Å². The van der Waals surface area contributed by atoms with Gasteiger partial charge in [-0.05, 0) is 49.7 Å². The fourth-order valence-electron chi connectivity index (χ4n) is 3.60. The summed E-state index contributed by atoms with van der Waals surface area (Å²) in [5.41, 5.74) is 3.25. The monoisotopic (exact) mass is 367 g/mol. The van der Waals surface area contributed by atoms with Crippen molar-refractivity contribution < 1.29 is 4.79 Å². The molecule has 27 heavy (non-hydrogen) atoms. The summed E-state index contributed by atoms with van der Waals surface area (Å²) in [5, 5.41) is 7.68. The van der Waals surface area contributed by atoms with E-state index < -0.39 is 0 Å². The zero-order valence-corrected chi connectivity index (χ0v) is 16.1. The van der Waals surface area contributed by atoms with E-state index in [1.165, 1.54) is 11.1 Å². The van der Waals surface area contributed by atoms with Crippen LogP contribution in [0.2, 0.25) is 0 Å². The van der Waals surface area contributed by atoms with Crippen LogP contribution < -0.4 is 10.9 Å². The summed E-state index contributed by atoms with van der Waals surface area (Å²) in [6, 6.07) is 11.7. The molecule has 0 aliphatic heterocycles. The molecule has 1 heterocycles. The van der Waals surface area contributed by atoms with Crippen LogP contribution in [-0.2, 0) is 30.6 Å². The second kappa shape index (κ2) is 9.49. The molecule has 1 aliphatic rings. The van der Waals surface area contributed by atoms with Gasteiger partial charge in [-0.1, -0.05) is 43.7 Å². The lowest BCUT2D eigenvalue weighted by molar-refractivity contribution is -0.121. The first kappa shape index (κ1) is 19.3. The summed E-state index contributed by atoms with van der Waals surface area (Å²) in [6.45, 7) is 2.45. The highest BCUT2D eigenvalue weighted by molar-refractivity contribution is 5.76. The van der Waals surface area contributed by atoms with Crippen LogP contribution in [-0.4, -0.2) is 21.7 Å². The van der Waals surface area contributed by atoms with E-state index in [-0.39, 0.29) is 17.5 Å². The summed E-state index contributed by atoms with van der Waals surface area (Å²) >= 11 is 0. The van der Waals surface area contributed by atoms with Crippen LogP contribution in [0.25, 0.3) is 0 Å². The summed E-state index contributed by atoms with van der Waals surface area (Å²) in [6.07, 6.45) is 7.29. The molecule has 0 bridgehead atoms. The smallest absolute Gasteiger partial charge is 0.267 e. The second-order valence-electron chi connectivity index (χ2n) is 7.36. The van der Waals surface area contributed by atoms with Crippen molar-refractivity contribution in [1.29, 1.82) is 0 Å². The van der Waals surface area contributed by atoms with Gasteiger partial charge in [0.25, 0.3) is 5.56 Å². The molecule has 0 unspecified atom stereocenters. The second-order valence-corrected chi connectivity index (χ2v) is 7.36. The third-order valence-electron chi connectivity index (χ3n) is 5.26. The van der Waals surface area contributed by atoms with Gasteiger partial charge in [-0.25, -0.2) is 4.68 Å². The molecule has 0 radical (unpaired) electrons. The van der Waals surface area contributed by atoms with Crippen molar-refractivity contribution in [2.45, 2.75) is 70.9 Å². The van der Waals surface area contributed by atoms with Crippen molar-refractivity contribution in [3.05, 3.63) is 63.6 Å². The predicted molar refractivity (Wildman–Crippen MR) is 107 cm³/mol. The van der Waals surface area contributed by atoms with Crippen LogP contribution in [0.1, 0.15) is 55.8 Å². The SMILES string of the molecule is CC[C@@H](Cn1nc2c(cc1=O)CCCCC2)NC(=O)CCc1ccccc1. The van der Waals surface area contributed by atoms with E-state index in [1.54, 1.807) is 6.07 Å². The predicted octanol–water partition coefficient (Wildman–Crippen LogP) is 3.04. The number of nitrogens with zero attached hydrogens (tertiary/aromatic N) is 2. The van der Waals surface area contributed by atoms with Gasteiger partial charge in [-0.15, -0.1) is 0 Å². The molecule has 3 rings (SSSR count). The summed E-state index contributed by atoms with van der Waals surface area (Å²) in [5.74, 6) is 0.0218. The van der Waals surface area contributed by atoms with Crippen molar-refractivity contribution in [2.75, 3.05) is 0 Å². The Labute approximate surface area is 160 Å². The molecule has 5 heteroatoms. The highest BCUT2D eigenvalue weighted by Gasteiger charge is 2.16. The molecule has 1 N–H and O–H groups in total. The van der Waals surface area contributed by atoms with Crippen LogP contribution in [0.15, 0.2) is 41.2 Å². The van der Waals surface area contributed by atoms with Gasteiger partial charge >= 0.3 is 0 Å². The lowest BCUT2D eigenvalue weighted by atomic mass is 10.1. The van der Waals surface area contributed by atoms with Crippen LogP contribution in [0, 0.1) is 0 Å². The fraction of sp³-hybridized carbons (Fsp3) is 0.500. The maximum Gasteiger partial charge on any atom is 0.267 e. The van der Waals surface area contributed by atoms with E-state index in [1.807, 2.05) is 37.3 Å². The topological polar surface area (TPSA) is 64.0 Å². The highest BCUT2D eigenvalue weighted by Crippen LogP contribution is 2.17. The molecule has 1 atom stereocenters. The minimum absolute atomic E-state index is 0.0218. The summed E-state index contributed by atoms with van der Waals surface area (Å²) in [7, 11) is 0. The quantitative estimate of drug-likeness (QED) is 0.765. The molecule has 1 aromatic carbocycles. The van der Waals surface area contributed by atoms with Gasteiger partial charge in [0, 0.05) is 18.5 Å². The largest absolute Gasteiger partial charge is 0.352 e. The maximum atomic E-state index is 12.4. The standard InChI is InChI=1S/C22H29N3O2/c1-2-19(23-21(26)14-13-17-9-5-3-6-10-17)16-25-22(27)15-18-11-7-4-8-12-20(18)24-25/h3,5-6,9-10,15,19H,2,4,7-8,11-14,16H2,1H3,(H,23,26)/t19-/m0/s1. The van der Waals surface area contributed by atoms with E-state index in [9.17, 15) is 9.59 Å². The normalized spacial score (nSPS) is 14.9. The van der Waals surface area contributed by atoms with Gasteiger partial charge in [0.05, 0.1) is 12.2 Å². The number of hydrogen-bond donors (Lipinski definition) is 1. The number of benzene rings is 1. The molecule has 144 valence electrons. The molecule has 1 aromatic heterocycles. The van der Waals surface area contributed by atoms with Crippen LogP contribution in [0.3, 0.4) is 0 Å². The van der Waals surface area contributed by atoms with Gasteiger partial charge in [-0.3, -0.25) is 9.59 Å². The maximum absolute atomic E-state index is 12.4. The van der Waals surface area contributed by atoms with Gasteiger partial charge < -0.3 is 5.32 Å². The fourth-order valence-corrected chi connectivity index (χ4v) is 3.60. The lowest BCUT2D eigenvalue weighted by Gasteiger charge is -2.18. The molecule has 1 amide bonds. The Balaban J connectivity index is 1.60. The van der Waals surface area contributed by atoms with E-state index >= 15 is 0 Å². The van der Waals surface area contributed by atoms with Gasteiger partial charge in [0.1, 0.15) is 0 Å². The molecule has 1 aliphatic carbocycles. The minimum Gasteiger partial charge on any atom is -0.352 e. The average molecular weight is 367 g/mol. The molecule has 0 saturated heterocycles. The van der Waals surface area contributed by atoms with Gasteiger partial charge in [-0.2, -0.15) is 5.10 Å². The van der Waals surface area contributed by atoms with Crippen molar-refractivity contribution in [1.82, 2.24) is 15.1 Å². The van der Waals surface area contributed by atoms with E-state index in [0.29, 0.717) is 13.0 Å². The first-order valence-electron chi connectivity index (χ1n) is 10.1. The number of aromatic nitrogens is 2. The van der Waals surface area contributed by atoms with Crippen molar-refractivity contribution in [3.8, 4) is 0 Å². The minimum atomic E-state index is -0.0812. The number of carbonyl (C=O) groups is 1. The number of rotatable bonds is 7. The Morgan fingerprint density at radius 2 is 1.96 bits per heavy atom. The number of hydrogen-bond acceptors (Lipinski definition) is 3. The molecule has 0 fully saturated rings. The first-order chi connectivity index (χ1) is 13.2.